The molecule has 1 atom stereocenters. The predicted octanol–water partition coefficient (Wildman–Crippen LogP) is 4.15. The first kappa shape index (κ1) is 22.8. The summed E-state index contributed by atoms with van der Waals surface area (Å²) in [5, 5.41) is 5.75. The number of anilines is 1. The van der Waals surface area contributed by atoms with E-state index >= 15 is 0 Å². The summed E-state index contributed by atoms with van der Waals surface area (Å²) in [4.78, 5) is 24.5. The minimum absolute atomic E-state index is 0.0911. The lowest BCUT2D eigenvalue weighted by atomic mass is 9.84. The first-order valence-corrected chi connectivity index (χ1v) is 11.0. The number of rotatable bonds is 8. The summed E-state index contributed by atoms with van der Waals surface area (Å²) in [7, 11) is 0. The summed E-state index contributed by atoms with van der Waals surface area (Å²) in [5.41, 5.74) is 0.177. The lowest BCUT2D eigenvalue weighted by Crippen LogP contribution is -2.41. The second-order valence-electron chi connectivity index (χ2n) is 8.24. The number of carbonyl (C=O) groups excluding carboxylic acids is 1. The van der Waals surface area contributed by atoms with Crippen molar-refractivity contribution >= 4 is 11.7 Å². The summed E-state index contributed by atoms with van der Waals surface area (Å²) in [6.07, 6.45) is 9.64. The van der Waals surface area contributed by atoms with Crippen molar-refractivity contribution in [2.24, 2.45) is 5.92 Å². The van der Waals surface area contributed by atoms with Gasteiger partial charge in [0.1, 0.15) is 35.6 Å². The number of amides is 1. The molecule has 2 N–H and O–H groups in total. The molecule has 4 rings (SSSR count). The van der Waals surface area contributed by atoms with Gasteiger partial charge in [0.05, 0.1) is 0 Å². The molecule has 1 saturated carbocycles. The van der Waals surface area contributed by atoms with Crippen molar-refractivity contribution in [2.45, 2.75) is 51.1 Å². The second kappa shape index (κ2) is 10.5. The highest BCUT2D eigenvalue weighted by Crippen LogP contribution is 2.28. The Morgan fingerprint density at radius 1 is 1.12 bits per heavy atom. The monoisotopic (exact) mass is 458 g/mol. The van der Waals surface area contributed by atoms with E-state index < -0.39 is 23.8 Å². The number of hydrogen-bond donors (Lipinski definition) is 2. The standard InChI is InChI=1S/C23H25F3N6O/c24-17-7-6-16(18(25)11-17)13-28-22(33)19(10-15-4-2-1-3-5-15)29-20-12-21(31-23(26)30-20)32-9-8-27-14-32/h6-9,11-12,14-15,19H,1-5,10,13H2,(H,28,33)(H,29,30,31). The molecule has 1 aliphatic rings. The van der Waals surface area contributed by atoms with Crippen LogP contribution in [0.3, 0.4) is 0 Å². The Morgan fingerprint density at radius 2 is 1.94 bits per heavy atom. The molecule has 0 spiro atoms. The number of benzene rings is 1. The van der Waals surface area contributed by atoms with Crippen molar-refractivity contribution in [1.29, 1.82) is 0 Å². The molecule has 0 saturated heterocycles. The van der Waals surface area contributed by atoms with Crippen molar-refractivity contribution in [1.82, 2.24) is 24.8 Å². The molecule has 7 nitrogen and oxygen atoms in total. The van der Waals surface area contributed by atoms with Crippen LogP contribution in [0.5, 0.6) is 0 Å². The highest BCUT2D eigenvalue weighted by atomic mass is 19.1. The maximum atomic E-state index is 14.1. The molecule has 0 bridgehead atoms. The van der Waals surface area contributed by atoms with Crippen LogP contribution in [0.4, 0.5) is 19.0 Å². The number of carbonyl (C=O) groups is 1. The molecule has 0 aliphatic heterocycles. The molecule has 1 fully saturated rings. The topological polar surface area (TPSA) is 84.7 Å². The van der Waals surface area contributed by atoms with Crippen LogP contribution in [-0.4, -0.2) is 31.5 Å². The lowest BCUT2D eigenvalue weighted by Gasteiger charge is -2.27. The highest BCUT2D eigenvalue weighted by Gasteiger charge is 2.25. The Kier molecular flexibility index (Phi) is 7.21. The number of halogens is 3. The number of hydrogen-bond acceptors (Lipinski definition) is 5. The summed E-state index contributed by atoms with van der Waals surface area (Å²) in [6.45, 7) is -0.0911. The molecule has 2 aromatic heterocycles. The zero-order valence-electron chi connectivity index (χ0n) is 18.0. The van der Waals surface area contributed by atoms with E-state index in [4.69, 9.17) is 0 Å². The van der Waals surface area contributed by atoms with E-state index in [2.05, 4.69) is 25.6 Å². The van der Waals surface area contributed by atoms with Gasteiger partial charge in [0.2, 0.25) is 5.91 Å². The van der Waals surface area contributed by atoms with Gasteiger partial charge in [-0.1, -0.05) is 38.2 Å². The zero-order chi connectivity index (χ0) is 23.2. The fraction of sp³-hybridized carbons (Fsp3) is 0.391. The predicted molar refractivity (Wildman–Crippen MR) is 116 cm³/mol. The molecule has 3 aromatic rings. The highest BCUT2D eigenvalue weighted by molar-refractivity contribution is 5.84. The number of nitrogens with zero attached hydrogens (tertiary/aromatic N) is 4. The van der Waals surface area contributed by atoms with Gasteiger partial charge in [-0.25, -0.2) is 13.8 Å². The Hall–Kier alpha value is -3.43. The van der Waals surface area contributed by atoms with Gasteiger partial charge >= 0.3 is 6.08 Å². The maximum absolute atomic E-state index is 14.1. The van der Waals surface area contributed by atoms with Gasteiger partial charge in [-0.05, 0) is 18.4 Å². The Bertz CT molecular complexity index is 1090. The summed E-state index contributed by atoms with van der Waals surface area (Å²) in [6, 6.07) is 4.04. The third-order valence-corrected chi connectivity index (χ3v) is 5.85. The molecule has 10 heteroatoms. The summed E-state index contributed by atoms with van der Waals surface area (Å²) in [5.74, 6) is -1.01. The third-order valence-electron chi connectivity index (χ3n) is 5.85. The largest absolute Gasteiger partial charge is 0.358 e. The maximum Gasteiger partial charge on any atom is 0.312 e. The number of nitrogens with one attached hydrogen (secondary N) is 2. The van der Waals surface area contributed by atoms with E-state index in [0.717, 1.165) is 37.8 Å². The lowest BCUT2D eigenvalue weighted by molar-refractivity contribution is -0.122. The molecule has 174 valence electrons. The van der Waals surface area contributed by atoms with E-state index in [1.54, 1.807) is 12.4 Å². The SMILES string of the molecule is O=C(NCc1ccc(F)cc1F)C(CC1CCCCC1)Nc1cc(-n2ccnc2)nc(F)n1. The molecule has 1 aliphatic carbocycles. The molecule has 33 heavy (non-hydrogen) atoms. The molecular formula is C23H25F3N6O. The van der Waals surface area contributed by atoms with Crippen molar-refractivity contribution in [2.75, 3.05) is 5.32 Å². The molecule has 0 radical (unpaired) electrons. The van der Waals surface area contributed by atoms with E-state index in [1.165, 1.54) is 29.4 Å². The van der Waals surface area contributed by atoms with Crippen LogP contribution >= 0.6 is 0 Å². The van der Waals surface area contributed by atoms with Crippen LogP contribution < -0.4 is 10.6 Å². The zero-order valence-corrected chi connectivity index (χ0v) is 18.0. The number of imidazole rings is 1. The molecule has 2 heterocycles. The average molecular weight is 458 g/mol. The first-order valence-electron chi connectivity index (χ1n) is 11.0. The molecule has 1 unspecified atom stereocenters. The minimum Gasteiger partial charge on any atom is -0.358 e. The van der Waals surface area contributed by atoms with E-state index in [0.29, 0.717) is 12.3 Å². The van der Waals surface area contributed by atoms with Gasteiger partial charge < -0.3 is 10.6 Å². The molecule has 1 aromatic carbocycles. The van der Waals surface area contributed by atoms with E-state index in [-0.39, 0.29) is 29.7 Å². The van der Waals surface area contributed by atoms with Crippen LogP contribution in [0.25, 0.3) is 5.82 Å². The van der Waals surface area contributed by atoms with Gasteiger partial charge in [-0.15, -0.1) is 0 Å². The van der Waals surface area contributed by atoms with Gasteiger partial charge in [-0.2, -0.15) is 14.4 Å². The average Bonchev–Trinajstić information content (AvgIpc) is 3.33. The molecular weight excluding hydrogens is 433 g/mol. The van der Waals surface area contributed by atoms with Crippen LogP contribution in [-0.2, 0) is 11.3 Å². The van der Waals surface area contributed by atoms with Crippen molar-refractivity contribution in [3.05, 3.63) is 66.3 Å². The van der Waals surface area contributed by atoms with E-state index in [9.17, 15) is 18.0 Å². The van der Waals surface area contributed by atoms with Gasteiger partial charge in [-0.3, -0.25) is 9.36 Å². The van der Waals surface area contributed by atoms with Crippen LogP contribution in [0, 0.1) is 23.6 Å². The smallest absolute Gasteiger partial charge is 0.312 e. The van der Waals surface area contributed by atoms with Gasteiger partial charge in [0.15, 0.2) is 0 Å². The van der Waals surface area contributed by atoms with Crippen LogP contribution in [0.15, 0.2) is 43.0 Å². The van der Waals surface area contributed by atoms with Crippen molar-refractivity contribution < 1.29 is 18.0 Å². The second-order valence-corrected chi connectivity index (χ2v) is 8.24. The minimum atomic E-state index is -0.936. The quantitative estimate of drug-likeness (QED) is 0.496. The summed E-state index contributed by atoms with van der Waals surface area (Å²) < 4.78 is 42.8. The van der Waals surface area contributed by atoms with Crippen LogP contribution in [0.1, 0.15) is 44.1 Å². The fourth-order valence-electron chi connectivity index (χ4n) is 4.14. The van der Waals surface area contributed by atoms with Gasteiger partial charge in [0, 0.05) is 36.6 Å². The Labute approximate surface area is 189 Å². The molecule has 1 amide bonds. The van der Waals surface area contributed by atoms with E-state index in [1.807, 2.05) is 0 Å². The fourth-order valence-corrected chi connectivity index (χ4v) is 4.14. The van der Waals surface area contributed by atoms with Gasteiger partial charge in [0.25, 0.3) is 0 Å². The van der Waals surface area contributed by atoms with Crippen molar-refractivity contribution in [3.8, 4) is 5.82 Å². The normalized spacial score (nSPS) is 15.2. The summed E-state index contributed by atoms with van der Waals surface area (Å²) >= 11 is 0. The first-order chi connectivity index (χ1) is 16.0. The Morgan fingerprint density at radius 3 is 2.67 bits per heavy atom. The van der Waals surface area contributed by atoms with Crippen molar-refractivity contribution in [3.63, 3.8) is 0 Å². The third kappa shape index (κ3) is 6.09. The van der Waals surface area contributed by atoms with Crippen LogP contribution in [0.2, 0.25) is 0 Å². The number of aromatic nitrogens is 4. The Balaban J connectivity index is 1.51.